The molecule has 2 N–H and O–H groups in total. The van der Waals surface area contributed by atoms with Gasteiger partial charge in [-0.3, -0.25) is 4.79 Å². The monoisotopic (exact) mass is 574 g/mol. The Hall–Kier alpha value is -1.55. The zero-order chi connectivity index (χ0) is 19.6. The molecule has 1 aliphatic heterocycles. The van der Waals surface area contributed by atoms with Gasteiger partial charge in [-0.15, -0.1) is 24.0 Å². The quantitative estimate of drug-likeness (QED) is 0.206. The number of hydrogen-bond donors (Lipinski definition) is 2. The van der Waals surface area contributed by atoms with Gasteiger partial charge in [0.25, 0.3) is 0 Å². The number of carbonyl (C=O) groups excluding carboxylic acids is 1. The van der Waals surface area contributed by atoms with Crippen molar-refractivity contribution in [1.82, 2.24) is 15.5 Å². The topological polar surface area (TPSA) is 69.9 Å². The van der Waals surface area contributed by atoms with Gasteiger partial charge in [-0.05, 0) is 42.7 Å². The molecule has 1 fully saturated rings. The molecule has 6 nitrogen and oxygen atoms in total. The van der Waals surface area contributed by atoms with Crippen molar-refractivity contribution >= 4 is 51.8 Å². The number of likely N-dealkylation sites (tertiary alicyclic amines) is 1. The van der Waals surface area contributed by atoms with Crippen LogP contribution < -0.4 is 10.6 Å². The molecular weight excluding hydrogens is 547 g/mol. The lowest BCUT2D eigenvalue weighted by Gasteiger charge is -2.16. The molecule has 8 heteroatoms. The Morgan fingerprint density at radius 3 is 2.66 bits per heavy atom. The van der Waals surface area contributed by atoms with E-state index in [2.05, 4.69) is 38.7 Å². The first kappa shape index (κ1) is 23.7. The van der Waals surface area contributed by atoms with E-state index >= 15 is 0 Å². The van der Waals surface area contributed by atoms with Crippen LogP contribution in [0.1, 0.15) is 30.6 Å². The zero-order valence-corrected chi connectivity index (χ0v) is 20.3. The minimum Gasteiger partial charge on any atom is -0.469 e. The van der Waals surface area contributed by atoms with Crippen LogP contribution in [0, 0.1) is 0 Å². The minimum absolute atomic E-state index is 0. The van der Waals surface area contributed by atoms with Gasteiger partial charge in [-0.1, -0.05) is 28.1 Å². The Balaban J connectivity index is 0.00000300. The van der Waals surface area contributed by atoms with Crippen LogP contribution in [0.2, 0.25) is 0 Å². The minimum atomic E-state index is 0. The largest absolute Gasteiger partial charge is 0.469 e. The summed E-state index contributed by atoms with van der Waals surface area (Å²) in [5, 5.41) is 6.75. The molecule has 1 aliphatic rings. The first-order chi connectivity index (χ1) is 13.7. The highest BCUT2D eigenvalue weighted by atomic mass is 127. The number of benzene rings is 1. The Morgan fingerprint density at radius 2 is 1.97 bits per heavy atom. The van der Waals surface area contributed by atoms with Crippen molar-refractivity contribution in [3.05, 3.63) is 58.5 Å². The molecule has 0 unspecified atom stereocenters. The van der Waals surface area contributed by atoms with Crippen molar-refractivity contribution in [3.8, 4) is 0 Å². The van der Waals surface area contributed by atoms with E-state index in [1.165, 1.54) is 0 Å². The number of nitrogens with one attached hydrogen (secondary N) is 2. The lowest BCUT2D eigenvalue weighted by atomic mass is 10.2. The summed E-state index contributed by atoms with van der Waals surface area (Å²) >= 11 is 3.46. The fraction of sp³-hybridized carbons (Fsp3) is 0.429. The Bertz CT molecular complexity index is 765. The van der Waals surface area contributed by atoms with Gasteiger partial charge in [-0.25, -0.2) is 4.99 Å². The zero-order valence-electron chi connectivity index (χ0n) is 16.4. The number of furan rings is 1. The van der Waals surface area contributed by atoms with E-state index in [0.717, 1.165) is 67.2 Å². The highest BCUT2D eigenvalue weighted by molar-refractivity contribution is 14.0. The molecule has 3 rings (SSSR count). The van der Waals surface area contributed by atoms with E-state index in [0.29, 0.717) is 13.0 Å². The third-order valence-corrected chi connectivity index (χ3v) is 5.17. The van der Waals surface area contributed by atoms with Gasteiger partial charge in [0.05, 0.1) is 12.8 Å². The van der Waals surface area contributed by atoms with E-state index < -0.39 is 0 Å². The normalized spacial score (nSPS) is 14.0. The predicted molar refractivity (Wildman–Crippen MR) is 130 cm³/mol. The SMILES string of the molecule is I.O=C1CCCN1CCCNC(=NCc1ccc(Br)cc1)NCCc1ccco1. The molecule has 1 aromatic heterocycles. The van der Waals surface area contributed by atoms with Gasteiger partial charge in [0.2, 0.25) is 5.91 Å². The summed E-state index contributed by atoms with van der Waals surface area (Å²) in [6.07, 6.45) is 5.08. The fourth-order valence-corrected chi connectivity index (χ4v) is 3.37. The van der Waals surface area contributed by atoms with Crippen LogP contribution in [0.3, 0.4) is 0 Å². The summed E-state index contributed by atoms with van der Waals surface area (Å²) in [6.45, 7) is 3.82. The summed E-state index contributed by atoms with van der Waals surface area (Å²) in [5.41, 5.74) is 1.15. The Morgan fingerprint density at radius 1 is 1.17 bits per heavy atom. The van der Waals surface area contributed by atoms with Gasteiger partial charge < -0.3 is 20.0 Å². The predicted octanol–water partition coefficient (Wildman–Crippen LogP) is 3.95. The van der Waals surface area contributed by atoms with E-state index in [1.54, 1.807) is 6.26 Å². The summed E-state index contributed by atoms with van der Waals surface area (Å²) in [6, 6.07) is 12.0. The molecular formula is C21H28BrIN4O2. The molecule has 158 valence electrons. The summed E-state index contributed by atoms with van der Waals surface area (Å²) in [5.74, 6) is 2.01. The molecule has 0 atom stereocenters. The van der Waals surface area contributed by atoms with Crippen molar-refractivity contribution in [3.63, 3.8) is 0 Å². The molecule has 1 amide bonds. The summed E-state index contributed by atoms with van der Waals surface area (Å²) in [4.78, 5) is 18.3. The van der Waals surface area contributed by atoms with Crippen molar-refractivity contribution in [2.24, 2.45) is 4.99 Å². The van der Waals surface area contributed by atoms with Crippen LogP contribution in [0.5, 0.6) is 0 Å². The number of guanidine groups is 1. The molecule has 1 aromatic carbocycles. The highest BCUT2D eigenvalue weighted by Crippen LogP contribution is 2.11. The average Bonchev–Trinajstić information content (AvgIpc) is 3.36. The molecule has 2 heterocycles. The molecule has 0 saturated carbocycles. The molecule has 29 heavy (non-hydrogen) atoms. The number of carbonyl (C=O) groups is 1. The van der Waals surface area contributed by atoms with Crippen LogP contribution in [0.4, 0.5) is 0 Å². The summed E-state index contributed by atoms with van der Waals surface area (Å²) in [7, 11) is 0. The Kier molecular flexibility index (Phi) is 10.5. The molecule has 0 radical (unpaired) electrons. The molecule has 0 aliphatic carbocycles. The highest BCUT2D eigenvalue weighted by Gasteiger charge is 2.18. The van der Waals surface area contributed by atoms with Crippen LogP contribution in [0.15, 0.2) is 56.5 Å². The van der Waals surface area contributed by atoms with Gasteiger partial charge >= 0.3 is 0 Å². The van der Waals surface area contributed by atoms with E-state index in [4.69, 9.17) is 9.41 Å². The third-order valence-electron chi connectivity index (χ3n) is 4.65. The van der Waals surface area contributed by atoms with Gasteiger partial charge in [0.15, 0.2) is 5.96 Å². The standard InChI is InChI=1S/C21H27BrN4O2.HI/c22-18-8-6-17(7-9-18)16-25-21(24-12-10-19-4-2-15-28-19)23-11-3-14-26-13-1-5-20(26)27;/h2,4,6-9,15H,1,3,5,10-14,16H2,(H2,23,24,25);1H. The number of hydrogen-bond acceptors (Lipinski definition) is 3. The second-order valence-electron chi connectivity index (χ2n) is 6.81. The van der Waals surface area contributed by atoms with Crippen LogP contribution in [-0.4, -0.2) is 42.9 Å². The molecule has 2 aromatic rings. The van der Waals surface area contributed by atoms with Gasteiger partial charge in [0.1, 0.15) is 5.76 Å². The van der Waals surface area contributed by atoms with Gasteiger partial charge in [0, 0.05) is 43.5 Å². The smallest absolute Gasteiger partial charge is 0.222 e. The number of nitrogens with zero attached hydrogens (tertiary/aromatic N) is 2. The third kappa shape index (κ3) is 8.38. The molecule has 0 bridgehead atoms. The second kappa shape index (κ2) is 12.9. The lowest BCUT2D eigenvalue weighted by Crippen LogP contribution is -2.40. The second-order valence-corrected chi connectivity index (χ2v) is 7.73. The summed E-state index contributed by atoms with van der Waals surface area (Å²) < 4.78 is 6.44. The van der Waals surface area contributed by atoms with E-state index in [9.17, 15) is 4.79 Å². The van der Waals surface area contributed by atoms with Crippen LogP contribution in [-0.2, 0) is 17.8 Å². The van der Waals surface area contributed by atoms with Crippen molar-refractivity contribution in [2.45, 2.75) is 32.2 Å². The van der Waals surface area contributed by atoms with Crippen LogP contribution >= 0.6 is 39.9 Å². The maximum absolute atomic E-state index is 11.7. The molecule has 0 spiro atoms. The number of rotatable bonds is 9. The first-order valence-corrected chi connectivity index (χ1v) is 10.6. The van der Waals surface area contributed by atoms with Crippen molar-refractivity contribution in [2.75, 3.05) is 26.2 Å². The van der Waals surface area contributed by atoms with Crippen LogP contribution in [0.25, 0.3) is 0 Å². The molecule has 1 saturated heterocycles. The van der Waals surface area contributed by atoms with E-state index in [-0.39, 0.29) is 29.9 Å². The number of halogens is 2. The maximum atomic E-state index is 11.7. The first-order valence-electron chi connectivity index (χ1n) is 9.77. The average molecular weight is 575 g/mol. The van der Waals surface area contributed by atoms with E-state index in [1.807, 2.05) is 29.2 Å². The lowest BCUT2D eigenvalue weighted by molar-refractivity contribution is -0.127. The van der Waals surface area contributed by atoms with Crippen molar-refractivity contribution in [1.29, 1.82) is 0 Å². The van der Waals surface area contributed by atoms with Crippen molar-refractivity contribution < 1.29 is 9.21 Å². The fourth-order valence-electron chi connectivity index (χ4n) is 3.11. The number of amides is 1. The number of aliphatic imine (C=N–C) groups is 1. The maximum Gasteiger partial charge on any atom is 0.222 e. The van der Waals surface area contributed by atoms with Gasteiger partial charge in [-0.2, -0.15) is 0 Å². The Labute approximate surface area is 197 Å².